The molecule has 0 spiro atoms. The van der Waals surface area contributed by atoms with E-state index in [0.717, 1.165) is 77.6 Å². The number of rotatable bonds is 7. The third-order valence-electron chi connectivity index (χ3n) is 5.59. The van der Waals surface area contributed by atoms with E-state index in [1.807, 2.05) is 19.1 Å². The van der Waals surface area contributed by atoms with Crippen molar-refractivity contribution in [3.05, 3.63) is 30.1 Å². The molecule has 1 atom stereocenters. The molecule has 0 aromatic heterocycles. The maximum Gasteiger partial charge on any atom is 0.237 e. The van der Waals surface area contributed by atoms with Gasteiger partial charge < -0.3 is 20.4 Å². The number of piperazine rings is 2. The molecule has 1 aromatic carbocycles. The first-order chi connectivity index (χ1) is 13.1. The average molecular weight is 450 g/mol. The zero-order valence-corrected chi connectivity index (χ0v) is 18.7. The quantitative estimate of drug-likeness (QED) is 0.619. The van der Waals surface area contributed by atoms with E-state index in [9.17, 15) is 9.18 Å². The molecule has 0 saturated carbocycles. The fourth-order valence-corrected chi connectivity index (χ4v) is 3.78. The van der Waals surface area contributed by atoms with Crippen LogP contribution in [0.15, 0.2) is 24.3 Å². The first-order valence-electron chi connectivity index (χ1n) is 10.1. The Morgan fingerprint density at radius 3 is 2.31 bits per heavy atom. The van der Waals surface area contributed by atoms with Gasteiger partial charge in [0.15, 0.2) is 0 Å². The lowest BCUT2D eigenvalue weighted by atomic mass is 10.2. The van der Waals surface area contributed by atoms with Gasteiger partial charge in [-0.1, -0.05) is 0 Å². The predicted molar refractivity (Wildman–Crippen MR) is 121 cm³/mol. The molecule has 2 aliphatic rings. The summed E-state index contributed by atoms with van der Waals surface area (Å²) in [5.74, 6) is -0.0924. The van der Waals surface area contributed by atoms with E-state index < -0.39 is 0 Å². The molecule has 1 aromatic rings. The van der Waals surface area contributed by atoms with Crippen LogP contribution in [-0.4, -0.2) is 87.2 Å². The number of halogens is 3. The molecule has 1 amide bonds. The topological polar surface area (TPSA) is 50.9 Å². The minimum absolute atomic E-state index is 0. The first kappa shape index (κ1) is 25.9. The Hall–Kier alpha value is -1.12. The number of nitrogens with zero attached hydrogens (tertiary/aromatic N) is 3. The van der Waals surface area contributed by atoms with Gasteiger partial charge in [0.2, 0.25) is 5.91 Å². The highest BCUT2D eigenvalue weighted by molar-refractivity contribution is 5.85. The van der Waals surface area contributed by atoms with E-state index in [0.29, 0.717) is 0 Å². The second kappa shape index (κ2) is 13.2. The van der Waals surface area contributed by atoms with Gasteiger partial charge in [0.1, 0.15) is 5.82 Å². The molecule has 29 heavy (non-hydrogen) atoms. The van der Waals surface area contributed by atoms with Gasteiger partial charge >= 0.3 is 0 Å². The monoisotopic (exact) mass is 449 g/mol. The fourth-order valence-electron chi connectivity index (χ4n) is 3.78. The van der Waals surface area contributed by atoms with Gasteiger partial charge in [-0.15, -0.1) is 24.8 Å². The molecule has 1 unspecified atom stereocenters. The lowest BCUT2D eigenvalue weighted by Gasteiger charge is -2.38. The van der Waals surface area contributed by atoms with Gasteiger partial charge in [0.25, 0.3) is 0 Å². The van der Waals surface area contributed by atoms with Crippen LogP contribution in [0.1, 0.15) is 13.3 Å². The molecule has 166 valence electrons. The van der Waals surface area contributed by atoms with Gasteiger partial charge in [-0.25, -0.2) is 4.39 Å². The van der Waals surface area contributed by atoms with Crippen LogP contribution in [0, 0.1) is 5.82 Å². The number of hydrogen-bond acceptors (Lipinski definition) is 5. The normalized spacial score (nSPS) is 19.0. The summed E-state index contributed by atoms with van der Waals surface area (Å²) in [5, 5.41) is 6.44. The minimum atomic E-state index is -0.209. The zero-order chi connectivity index (χ0) is 19.1. The summed E-state index contributed by atoms with van der Waals surface area (Å²) < 4.78 is 13.1. The molecule has 2 saturated heterocycles. The molecule has 2 heterocycles. The SMILES string of the molecule is CC(C(=O)NCCCN1CCNCC1)N1CCN(c2ccc(F)cc2)CC1.Cl.Cl. The van der Waals surface area contributed by atoms with Crippen LogP contribution in [0.3, 0.4) is 0 Å². The van der Waals surface area contributed by atoms with Crippen LogP contribution < -0.4 is 15.5 Å². The van der Waals surface area contributed by atoms with Crippen molar-refractivity contribution in [3.8, 4) is 0 Å². The van der Waals surface area contributed by atoms with Gasteiger partial charge in [0.05, 0.1) is 6.04 Å². The van der Waals surface area contributed by atoms with Gasteiger partial charge in [-0.2, -0.15) is 0 Å². The Morgan fingerprint density at radius 2 is 1.69 bits per heavy atom. The molecule has 2 fully saturated rings. The Labute approximate surface area is 186 Å². The van der Waals surface area contributed by atoms with Crippen molar-refractivity contribution >= 4 is 36.4 Å². The van der Waals surface area contributed by atoms with Crippen molar-refractivity contribution in [1.82, 2.24) is 20.4 Å². The summed E-state index contributed by atoms with van der Waals surface area (Å²) in [6, 6.07) is 6.52. The largest absolute Gasteiger partial charge is 0.369 e. The van der Waals surface area contributed by atoms with E-state index in [-0.39, 0.29) is 42.6 Å². The lowest BCUT2D eigenvalue weighted by molar-refractivity contribution is -0.126. The second-order valence-corrected chi connectivity index (χ2v) is 7.41. The second-order valence-electron chi connectivity index (χ2n) is 7.41. The highest BCUT2D eigenvalue weighted by Gasteiger charge is 2.25. The maximum absolute atomic E-state index is 13.1. The van der Waals surface area contributed by atoms with Crippen molar-refractivity contribution in [2.75, 3.05) is 70.3 Å². The molecule has 2 N–H and O–H groups in total. The van der Waals surface area contributed by atoms with E-state index in [1.54, 1.807) is 0 Å². The summed E-state index contributed by atoms with van der Waals surface area (Å²) in [6.45, 7) is 11.5. The highest BCUT2D eigenvalue weighted by atomic mass is 35.5. The Kier molecular flexibility index (Phi) is 11.8. The summed E-state index contributed by atoms with van der Waals surface area (Å²) in [5.41, 5.74) is 1.04. The van der Waals surface area contributed by atoms with Crippen LogP contribution >= 0.6 is 24.8 Å². The summed E-state index contributed by atoms with van der Waals surface area (Å²) in [6.07, 6.45) is 0.997. The third kappa shape index (κ3) is 7.90. The molecule has 9 heteroatoms. The van der Waals surface area contributed by atoms with Gasteiger partial charge in [0, 0.05) is 64.6 Å². The van der Waals surface area contributed by atoms with Crippen LogP contribution in [0.2, 0.25) is 0 Å². The molecule has 6 nitrogen and oxygen atoms in total. The molecular weight excluding hydrogens is 416 g/mol. The smallest absolute Gasteiger partial charge is 0.237 e. The fraction of sp³-hybridized carbons (Fsp3) is 0.650. The maximum atomic E-state index is 13.1. The van der Waals surface area contributed by atoms with Crippen LogP contribution in [-0.2, 0) is 4.79 Å². The third-order valence-corrected chi connectivity index (χ3v) is 5.59. The molecule has 0 aliphatic carbocycles. The number of hydrogen-bond donors (Lipinski definition) is 2. The van der Waals surface area contributed by atoms with Crippen molar-refractivity contribution < 1.29 is 9.18 Å². The number of benzene rings is 1. The number of carbonyl (C=O) groups is 1. The number of carbonyl (C=O) groups excluding carboxylic acids is 1. The van der Waals surface area contributed by atoms with E-state index in [2.05, 4.69) is 25.3 Å². The lowest BCUT2D eigenvalue weighted by Crippen LogP contribution is -2.54. The molecule has 0 bridgehead atoms. The van der Waals surface area contributed by atoms with Crippen molar-refractivity contribution in [1.29, 1.82) is 0 Å². The molecule has 0 radical (unpaired) electrons. The van der Waals surface area contributed by atoms with E-state index in [1.165, 1.54) is 12.1 Å². The van der Waals surface area contributed by atoms with E-state index in [4.69, 9.17) is 0 Å². The Balaban J connectivity index is 0.00000210. The average Bonchev–Trinajstić information content (AvgIpc) is 2.72. The Morgan fingerprint density at radius 1 is 1.07 bits per heavy atom. The summed E-state index contributed by atoms with van der Waals surface area (Å²) in [7, 11) is 0. The zero-order valence-electron chi connectivity index (χ0n) is 17.1. The summed E-state index contributed by atoms with van der Waals surface area (Å²) >= 11 is 0. The van der Waals surface area contributed by atoms with Gasteiger partial charge in [-0.3, -0.25) is 9.69 Å². The van der Waals surface area contributed by atoms with Crippen molar-refractivity contribution in [3.63, 3.8) is 0 Å². The van der Waals surface area contributed by atoms with Crippen molar-refractivity contribution in [2.24, 2.45) is 0 Å². The van der Waals surface area contributed by atoms with Crippen LogP contribution in [0.4, 0.5) is 10.1 Å². The van der Waals surface area contributed by atoms with Crippen molar-refractivity contribution in [2.45, 2.75) is 19.4 Å². The Bertz CT molecular complexity index is 593. The van der Waals surface area contributed by atoms with Crippen LogP contribution in [0.25, 0.3) is 0 Å². The summed E-state index contributed by atoms with van der Waals surface area (Å²) in [4.78, 5) is 19.4. The molecular formula is C20H34Cl2FN5O. The predicted octanol–water partition coefficient (Wildman–Crippen LogP) is 1.59. The first-order valence-corrected chi connectivity index (χ1v) is 10.1. The highest BCUT2D eigenvalue weighted by Crippen LogP contribution is 2.17. The minimum Gasteiger partial charge on any atom is -0.369 e. The number of amides is 1. The van der Waals surface area contributed by atoms with E-state index >= 15 is 0 Å². The number of nitrogens with one attached hydrogen (secondary N) is 2. The van der Waals surface area contributed by atoms with Crippen LogP contribution in [0.5, 0.6) is 0 Å². The number of anilines is 1. The molecule has 3 rings (SSSR count). The standard InChI is InChI=1S/C20H32FN5O.2ClH/c1-17(20(27)23-7-2-10-24-11-8-22-9-12-24)25-13-15-26(16-14-25)19-5-3-18(21)4-6-19;;/h3-6,17,22H,2,7-16H2,1H3,(H,23,27);2*1H. The van der Waals surface area contributed by atoms with Gasteiger partial charge in [-0.05, 0) is 44.2 Å². The molecule has 2 aliphatic heterocycles.